The second-order valence-electron chi connectivity index (χ2n) is 6.53. The van der Waals surface area contributed by atoms with Gasteiger partial charge in [-0.3, -0.25) is 0 Å². The Bertz CT molecular complexity index is 392. The van der Waals surface area contributed by atoms with E-state index in [0.29, 0.717) is 12.1 Å². The van der Waals surface area contributed by atoms with Crippen LogP contribution in [-0.4, -0.2) is 15.6 Å². The Hall–Kier alpha value is -0.830. The van der Waals surface area contributed by atoms with Gasteiger partial charge in [0.05, 0.1) is 12.0 Å². The molecule has 1 aliphatic carbocycles. The second-order valence-corrected chi connectivity index (χ2v) is 6.53. The summed E-state index contributed by atoms with van der Waals surface area (Å²) in [6.07, 6.45) is 15.2. The van der Waals surface area contributed by atoms with Crippen LogP contribution in [0.2, 0.25) is 0 Å². The highest BCUT2D eigenvalue weighted by atomic mass is 15.1. The first-order chi connectivity index (χ1) is 9.33. The standard InChI is InChI=1S/C16H27N3/c1-13-6-5-9-15(18-13)16-10-17-12-19(16)11-14-7-3-2-4-8-14/h10,12-15,18H,2-9,11H2,1H3. The van der Waals surface area contributed by atoms with Gasteiger partial charge in [-0.15, -0.1) is 0 Å². The normalized spacial score (nSPS) is 29.5. The molecule has 0 spiro atoms. The van der Waals surface area contributed by atoms with Crippen LogP contribution in [0.1, 0.15) is 70.0 Å². The van der Waals surface area contributed by atoms with Gasteiger partial charge in [-0.1, -0.05) is 19.3 Å². The molecule has 2 aliphatic rings. The van der Waals surface area contributed by atoms with Crippen LogP contribution in [0.4, 0.5) is 0 Å². The Kier molecular flexibility index (Phi) is 4.21. The molecule has 1 N–H and O–H groups in total. The minimum atomic E-state index is 0.523. The van der Waals surface area contributed by atoms with Crippen LogP contribution in [0, 0.1) is 5.92 Å². The highest BCUT2D eigenvalue weighted by molar-refractivity contribution is 5.07. The van der Waals surface area contributed by atoms with E-state index >= 15 is 0 Å². The van der Waals surface area contributed by atoms with E-state index in [-0.39, 0.29) is 0 Å². The quantitative estimate of drug-likeness (QED) is 0.899. The van der Waals surface area contributed by atoms with Crippen molar-refractivity contribution in [2.24, 2.45) is 5.92 Å². The molecule has 19 heavy (non-hydrogen) atoms. The molecule has 2 unspecified atom stereocenters. The zero-order valence-electron chi connectivity index (χ0n) is 12.1. The lowest BCUT2D eigenvalue weighted by atomic mass is 9.89. The van der Waals surface area contributed by atoms with Crippen LogP contribution < -0.4 is 5.32 Å². The molecule has 0 aromatic carbocycles. The number of nitrogens with one attached hydrogen (secondary N) is 1. The maximum atomic E-state index is 4.41. The molecule has 1 aliphatic heterocycles. The van der Waals surface area contributed by atoms with Crippen LogP contribution in [0.25, 0.3) is 0 Å². The maximum Gasteiger partial charge on any atom is 0.0948 e. The van der Waals surface area contributed by atoms with Crippen molar-refractivity contribution in [3.8, 4) is 0 Å². The lowest BCUT2D eigenvalue weighted by molar-refractivity contribution is 0.296. The molecule has 3 rings (SSSR count). The van der Waals surface area contributed by atoms with E-state index in [4.69, 9.17) is 0 Å². The van der Waals surface area contributed by atoms with Gasteiger partial charge in [0.15, 0.2) is 0 Å². The monoisotopic (exact) mass is 261 g/mol. The molecular formula is C16H27N3. The lowest BCUT2D eigenvalue weighted by Crippen LogP contribution is -2.35. The summed E-state index contributed by atoms with van der Waals surface area (Å²) in [5, 5.41) is 3.74. The van der Waals surface area contributed by atoms with E-state index < -0.39 is 0 Å². The van der Waals surface area contributed by atoms with E-state index in [9.17, 15) is 0 Å². The van der Waals surface area contributed by atoms with Crippen molar-refractivity contribution in [3.63, 3.8) is 0 Å². The maximum absolute atomic E-state index is 4.41. The van der Waals surface area contributed by atoms with Gasteiger partial charge in [-0.2, -0.15) is 0 Å². The summed E-state index contributed by atoms with van der Waals surface area (Å²) in [5.41, 5.74) is 1.41. The van der Waals surface area contributed by atoms with E-state index in [2.05, 4.69) is 28.0 Å². The van der Waals surface area contributed by atoms with Crippen molar-refractivity contribution >= 4 is 0 Å². The predicted octanol–water partition coefficient (Wildman–Crippen LogP) is 3.67. The summed E-state index contributed by atoms with van der Waals surface area (Å²) in [6, 6.07) is 1.17. The molecular weight excluding hydrogens is 234 g/mol. The Balaban J connectivity index is 1.67. The van der Waals surface area contributed by atoms with Crippen molar-refractivity contribution in [2.45, 2.75) is 76.9 Å². The minimum Gasteiger partial charge on any atom is -0.333 e. The Morgan fingerprint density at radius 1 is 1.16 bits per heavy atom. The Morgan fingerprint density at radius 2 is 2.00 bits per heavy atom. The number of piperidine rings is 1. The summed E-state index contributed by atoms with van der Waals surface area (Å²) >= 11 is 0. The number of hydrogen-bond acceptors (Lipinski definition) is 2. The van der Waals surface area contributed by atoms with E-state index in [1.165, 1.54) is 63.6 Å². The largest absolute Gasteiger partial charge is 0.333 e. The topological polar surface area (TPSA) is 29.9 Å². The highest BCUT2D eigenvalue weighted by Crippen LogP contribution is 2.29. The number of rotatable bonds is 3. The number of nitrogens with zero attached hydrogens (tertiary/aromatic N) is 2. The lowest BCUT2D eigenvalue weighted by Gasteiger charge is -2.30. The van der Waals surface area contributed by atoms with Crippen LogP contribution in [-0.2, 0) is 6.54 Å². The van der Waals surface area contributed by atoms with Gasteiger partial charge < -0.3 is 9.88 Å². The molecule has 0 radical (unpaired) electrons. The smallest absolute Gasteiger partial charge is 0.0948 e. The first kappa shape index (κ1) is 13.2. The number of imidazole rings is 1. The van der Waals surface area contributed by atoms with Crippen LogP contribution in [0.5, 0.6) is 0 Å². The third-order valence-corrected chi connectivity index (χ3v) is 4.90. The van der Waals surface area contributed by atoms with Crippen molar-refractivity contribution in [1.82, 2.24) is 14.9 Å². The summed E-state index contributed by atoms with van der Waals surface area (Å²) in [7, 11) is 0. The first-order valence-corrected chi connectivity index (χ1v) is 8.09. The summed E-state index contributed by atoms with van der Waals surface area (Å²) in [6.45, 7) is 3.48. The first-order valence-electron chi connectivity index (χ1n) is 8.09. The molecule has 1 saturated heterocycles. The third-order valence-electron chi connectivity index (χ3n) is 4.90. The summed E-state index contributed by atoms with van der Waals surface area (Å²) in [4.78, 5) is 4.41. The number of aromatic nitrogens is 2. The fraction of sp³-hybridized carbons (Fsp3) is 0.812. The van der Waals surface area contributed by atoms with Crippen molar-refractivity contribution < 1.29 is 0 Å². The van der Waals surface area contributed by atoms with E-state index in [0.717, 1.165) is 5.92 Å². The predicted molar refractivity (Wildman–Crippen MR) is 78.0 cm³/mol. The van der Waals surface area contributed by atoms with Crippen molar-refractivity contribution in [3.05, 3.63) is 18.2 Å². The van der Waals surface area contributed by atoms with Gasteiger partial charge in [0.25, 0.3) is 0 Å². The van der Waals surface area contributed by atoms with Gasteiger partial charge in [0.1, 0.15) is 0 Å². The summed E-state index contributed by atoms with van der Waals surface area (Å²) < 4.78 is 2.42. The third kappa shape index (κ3) is 3.19. The zero-order chi connectivity index (χ0) is 13.1. The molecule has 0 amide bonds. The average molecular weight is 261 g/mol. The summed E-state index contributed by atoms with van der Waals surface area (Å²) in [5.74, 6) is 0.878. The fourth-order valence-corrected chi connectivity index (χ4v) is 3.79. The van der Waals surface area contributed by atoms with Gasteiger partial charge in [-0.05, 0) is 44.9 Å². The molecule has 2 atom stereocenters. The SMILES string of the molecule is CC1CCCC(c2cncn2CC2CCCCC2)N1. The number of hydrogen-bond donors (Lipinski definition) is 1. The van der Waals surface area contributed by atoms with Crippen molar-refractivity contribution in [1.29, 1.82) is 0 Å². The zero-order valence-corrected chi connectivity index (χ0v) is 12.1. The van der Waals surface area contributed by atoms with Crippen molar-refractivity contribution in [2.75, 3.05) is 0 Å². The molecule has 2 fully saturated rings. The molecule has 1 aromatic heterocycles. The van der Waals surface area contributed by atoms with E-state index in [1.807, 2.05) is 6.33 Å². The fourth-order valence-electron chi connectivity index (χ4n) is 3.79. The van der Waals surface area contributed by atoms with Gasteiger partial charge in [-0.25, -0.2) is 4.98 Å². The second kappa shape index (κ2) is 6.08. The Labute approximate surface area is 116 Å². The molecule has 3 nitrogen and oxygen atoms in total. The highest BCUT2D eigenvalue weighted by Gasteiger charge is 2.23. The van der Waals surface area contributed by atoms with Crippen LogP contribution in [0.15, 0.2) is 12.5 Å². The van der Waals surface area contributed by atoms with Crippen LogP contribution in [0.3, 0.4) is 0 Å². The molecule has 0 bridgehead atoms. The van der Waals surface area contributed by atoms with Gasteiger partial charge in [0, 0.05) is 24.8 Å². The minimum absolute atomic E-state index is 0.523. The van der Waals surface area contributed by atoms with E-state index in [1.54, 1.807) is 0 Å². The molecule has 2 heterocycles. The van der Waals surface area contributed by atoms with Gasteiger partial charge in [0.2, 0.25) is 0 Å². The average Bonchev–Trinajstić information content (AvgIpc) is 2.88. The molecule has 1 saturated carbocycles. The molecule has 1 aromatic rings. The van der Waals surface area contributed by atoms with Crippen LogP contribution >= 0.6 is 0 Å². The van der Waals surface area contributed by atoms with Gasteiger partial charge >= 0.3 is 0 Å². The molecule has 3 heteroatoms. The Morgan fingerprint density at radius 3 is 2.79 bits per heavy atom. The molecule has 106 valence electrons.